The zero-order chi connectivity index (χ0) is 12.6. The molecule has 0 unspecified atom stereocenters. The molecular weight excluding hydrogens is 244 g/mol. The second-order valence-corrected chi connectivity index (χ2v) is 5.47. The third-order valence-electron chi connectivity index (χ3n) is 2.17. The van der Waals surface area contributed by atoms with Gasteiger partial charge in [0.25, 0.3) is 0 Å². The van der Waals surface area contributed by atoms with Gasteiger partial charge in [-0.05, 0) is 31.1 Å². The van der Waals surface area contributed by atoms with Crippen LogP contribution >= 0.6 is 11.3 Å². The van der Waals surface area contributed by atoms with Crippen molar-refractivity contribution in [3.8, 4) is 0 Å². The van der Waals surface area contributed by atoms with Crippen molar-refractivity contribution in [1.29, 1.82) is 0 Å². The zero-order valence-electron chi connectivity index (χ0n) is 10.0. The van der Waals surface area contributed by atoms with E-state index in [2.05, 4.69) is 25.7 Å². The lowest BCUT2D eigenvalue weighted by Gasteiger charge is -2.13. The van der Waals surface area contributed by atoms with Gasteiger partial charge in [0, 0.05) is 5.38 Å². The zero-order valence-corrected chi connectivity index (χ0v) is 11.6. The average Bonchev–Trinajstić information content (AvgIpc) is 2.73. The lowest BCUT2D eigenvalue weighted by atomic mass is 10.5. The van der Waals surface area contributed by atoms with Gasteiger partial charge >= 0.3 is 0 Å². The van der Waals surface area contributed by atoms with E-state index in [9.17, 15) is 8.42 Å². The molecule has 0 bridgehead atoms. The molecule has 0 aliphatic heterocycles. The van der Waals surface area contributed by atoms with Crippen LogP contribution in [0.1, 0.15) is 20.8 Å². The van der Waals surface area contributed by atoms with Crippen LogP contribution in [0.4, 0.5) is 0 Å². The van der Waals surface area contributed by atoms with Crippen molar-refractivity contribution in [2.45, 2.75) is 25.7 Å². The van der Waals surface area contributed by atoms with Crippen LogP contribution in [0, 0.1) is 0 Å². The molecule has 0 amide bonds. The van der Waals surface area contributed by atoms with Crippen LogP contribution in [-0.4, -0.2) is 33.0 Å². The molecule has 6 heteroatoms. The summed E-state index contributed by atoms with van der Waals surface area (Å²) in [4.78, 5) is 2.56. The van der Waals surface area contributed by atoms with Gasteiger partial charge in [0.15, 0.2) is 0 Å². The smallest absolute Gasteiger partial charge is 0.238 e. The Balaban J connectivity index is 0.000000293. The number of nitrogens with two attached hydrogens (primary N) is 1. The van der Waals surface area contributed by atoms with Crippen molar-refractivity contribution >= 4 is 21.4 Å². The summed E-state index contributed by atoms with van der Waals surface area (Å²) in [5.74, 6) is 0. The normalized spacial score (nSPS) is 11.1. The summed E-state index contributed by atoms with van der Waals surface area (Å²) in [6.07, 6.45) is 0. The van der Waals surface area contributed by atoms with Crippen molar-refractivity contribution in [3.63, 3.8) is 0 Å². The Labute approximate surface area is 102 Å². The summed E-state index contributed by atoms with van der Waals surface area (Å²) < 4.78 is 21.0. The highest BCUT2D eigenvalue weighted by atomic mass is 32.2. The second kappa shape index (κ2) is 7.78. The van der Waals surface area contributed by atoms with E-state index < -0.39 is 10.0 Å². The molecule has 94 valence electrons. The summed E-state index contributed by atoms with van der Waals surface area (Å²) in [6, 6.07) is 1.47. The van der Waals surface area contributed by atoms with Crippen molar-refractivity contribution in [3.05, 3.63) is 16.8 Å². The quantitative estimate of drug-likeness (QED) is 0.901. The SMILES string of the molecule is CCN(CC)CC.NS(=O)(=O)c1ccsc1. The van der Waals surface area contributed by atoms with Gasteiger partial charge in [-0.2, -0.15) is 11.3 Å². The van der Waals surface area contributed by atoms with Crippen LogP contribution in [0.5, 0.6) is 0 Å². The van der Waals surface area contributed by atoms with Gasteiger partial charge < -0.3 is 4.90 Å². The standard InChI is InChI=1S/C6H15N.C4H5NO2S2/c1-4-7(5-2)6-3;5-9(6,7)4-1-2-8-3-4/h4-6H2,1-3H3;1-3H,(H2,5,6,7). The first-order valence-electron chi connectivity index (χ1n) is 5.23. The summed E-state index contributed by atoms with van der Waals surface area (Å²) in [7, 11) is -3.45. The third kappa shape index (κ3) is 6.22. The molecule has 1 aromatic rings. The molecule has 0 aliphatic rings. The van der Waals surface area contributed by atoms with Crippen LogP contribution in [0.2, 0.25) is 0 Å². The second-order valence-electron chi connectivity index (χ2n) is 3.12. The van der Waals surface area contributed by atoms with Gasteiger partial charge in [-0.15, -0.1) is 0 Å². The van der Waals surface area contributed by atoms with Crippen LogP contribution in [-0.2, 0) is 10.0 Å². The Morgan fingerprint density at radius 3 is 1.88 bits per heavy atom. The number of primary sulfonamides is 1. The summed E-state index contributed by atoms with van der Waals surface area (Å²) in [5, 5.41) is 7.94. The van der Waals surface area contributed by atoms with E-state index in [1.54, 1.807) is 5.38 Å². The first kappa shape index (κ1) is 15.6. The van der Waals surface area contributed by atoms with Crippen molar-refractivity contribution in [2.24, 2.45) is 5.14 Å². The van der Waals surface area contributed by atoms with Crippen LogP contribution in [0.15, 0.2) is 21.7 Å². The number of sulfonamides is 1. The molecule has 1 aromatic heterocycles. The van der Waals surface area contributed by atoms with E-state index in [0.717, 1.165) is 0 Å². The molecule has 0 saturated carbocycles. The molecule has 0 atom stereocenters. The van der Waals surface area contributed by atoms with E-state index in [1.165, 1.54) is 42.4 Å². The fraction of sp³-hybridized carbons (Fsp3) is 0.600. The molecule has 0 aliphatic carbocycles. The molecule has 0 radical (unpaired) electrons. The topological polar surface area (TPSA) is 63.4 Å². The Kier molecular flexibility index (Phi) is 7.57. The fourth-order valence-electron chi connectivity index (χ4n) is 1.08. The number of nitrogens with zero attached hydrogens (tertiary/aromatic N) is 1. The predicted molar refractivity (Wildman–Crippen MR) is 69.2 cm³/mol. The van der Waals surface area contributed by atoms with E-state index in [0.29, 0.717) is 0 Å². The molecule has 2 N–H and O–H groups in total. The Morgan fingerprint density at radius 1 is 1.25 bits per heavy atom. The van der Waals surface area contributed by atoms with Crippen molar-refractivity contribution in [1.82, 2.24) is 4.90 Å². The van der Waals surface area contributed by atoms with Gasteiger partial charge in [-0.25, -0.2) is 13.6 Å². The summed E-state index contributed by atoms with van der Waals surface area (Å²) >= 11 is 1.31. The maximum atomic E-state index is 10.5. The maximum absolute atomic E-state index is 10.5. The van der Waals surface area contributed by atoms with Gasteiger partial charge in [-0.3, -0.25) is 0 Å². The highest BCUT2D eigenvalue weighted by Crippen LogP contribution is 2.09. The minimum Gasteiger partial charge on any atom is -0.304 e. The van der Waals surface area contributed by atoms with Crippen LogP contribution < -0.4 is 5.14 Å². The molecule has 16 heavy (non-hydrogen) atoms. The molecule has 0 fully saturated rings. The van der Waals surface area contributed by atoms with Gasteiger partial charge in [0.1, 0.15) is 0 Å². The summed E-state index contributed by atoms with van der Waals surface area (Å²) in [5.41, 5.74) is 0. The lowest BCUT2D eigenvalue weighted by molar-refractivity contribution is 0.321. The highest BCUT2D eigenvalue weighted by Gasteiger charge is 2.05. The third-order valence-corrected chi connectivity index (χ3v) is 3.91. The van der Waals surface area contributed by atoms with Gasteiger partial charge in [0.05, 0.1) is 4.90 Å². The summed E-state index contributed by atoms with van der Waals surface area (Å²) in [6.45, 7) is 10.1. The minimum atomic E-state index is -3.45. The van der Waals surface area contributed by atoms with Crippen LogP contribution in [0.3, 0.4) is 0 Å². The molecule has 1 heterocycles. The van der Waals surface area contributed by atoms with E-state index in [1.807, 2.05) is 0 Å². The monoisotopic (exact) mass is 264 g/mol. The average molecular weight is 264 g/mol. The first-order valence-corrected chi connectivity index (χ1v) is 7.71. The van der Waals surface area contributed by atoms with Crippen LogP contribution in [0.25, 0.3) is 0 Å². The van der Waals surface area contributed by atoms with Gasteiger partial charge in [0.2, 0.25) is 10.0 Å². The predicted octanol–water partition coefficient (Wildman–Crippen LogP) is 1.74. The molecular formula is C10H20N2O2S2. The molecule has 0 saturated heterocycles. The van der Waals surface area contributed by atoms with Gasteiger partial charge in [-0.1, -0.05) is 20.8 Å². The maximum Gasteiger partial charge on any atom is 0.238 e. The molecule has 4 nitrogen and oxygen atoms in total. The Hall–Kier alpha value is -0.430. The van der Waals surface area contributed by atoms with Crippen molar-refractivity contribution in [2.75, 3.05) is 19.6 Å². The molecule has 0 aromatic carbocycles. The highest BCUT2D eigenvalue weighted by molar-refractivity contribution is 7.89. The first-order chi connectivity index (χ1) is 7.45. The van der Waals surface area contributed by atoms with E-state index in [-0.39, 0.29) is 4.90 Å². The Morgan fingerprint density at radius 2 is 1.75 bits per heavy atom. The Bertz CT molecular complexity index is 351. The molecule has 1 rings (SSSR count). The van der Waals surface area contributed by atoms with Crippen molar-refractivity contribution < 1.29 is 8.42 Å². The number of thiophene rings is 1. The van der Waals surface area contributed by atoms with E-state index in [4.69, 9.17) is 5.14 Å². The largest absolute Gasteiger partial charge is 0.304 e. The minimum absolute atomic E-state index is 0.188. The molecule has 0 spiro atoms. The number of hydrogen-bond donors (Lipinski definition) is 1. The number of hydrogen-bond acceptors (Lipinski definition) is 4. The number of rotatable bonds is 4. The van der Waals surface area contributed by atoms with E-state index >= 15 is 0 Å². The fourth-order valence-corrected chi connectivity index (χ4v) is 2.65. The lowest BCUT2D eigenvalue weighted by Crippen LogP contribution is -2.21.